The summed E-state index contributed by atoms with van der Waals surface area (Å²) < 4.78 is 0. The maximum atomic E-state index is 11.9. The molecule has 0 bridgehead atoms. The number of carbonyl (C=O) groups is 2. The number of hydrogen-bond donors (Lipinski definition) is 2. The van der Waals surface area contributed by atoms with Gasteiger partial charge >= 0.3 is 5.97 Å². The summed E-state index contributed by atoms with van der Waals surface area (Å²) in [5, 5.41) is 8.97. The van der Waals surface area contributed by atoms with Crippen molar-refractivity contribution in [3.05, 3.63) is 11.6 Å². The van der Waals surface area contributed by atoms with Crippen LogP contribution in [0.25, 0.3) is 0 Å². The Bertz CT molecular complexity index is 383. The Morgan fingerprint density at radius 1 is 1.81 bits per heavy atom. The number of carbonyl (C=O) groups excluding carboxylic acids is 1. The van der Waals surface area contributed by atoms with Gasteiger partial charge in [-0.3, -0.25) is 4.79 Å². The molecule has 5 heteroatoms. The number of carboxylic acid groups (broad SMARTS) is 1. The molecule has 0 radical (unpaired) electrons. The molecule has 2 atom stereocenters. The van der Waals surface area contributed by atoms with Crippen molar-refractivity contribution in [2.75, 3.05) is 12.3 Å². The SMILES string of the molecule is C#CC1=CC(C(=O)O)N(C(=O)C(C)CS)C1. The average molecular weight is 239 g/mol. The van der Waals surface area contributed by atoms with E-state index in [-0.39, 0.29) is 18.4 Å². The van der Waals surface area contributed by atoms with Crippen molar-refractivity contribution in [3.8, 4) is 12.3 Å². The van der Waals surface area contributed by atoms with Crippen molar-refractivity contribution >= 4 is 24.5 Å². The number of rotatable bonds is 3. The summed E-state index contributed by atoms with van der Waals surface area (Å²) >= 11 is 4.02. The van der Waals surface area contributed by atoms with Gasteiger partial charge in [0.1, 0.15) is 6.04 Å². The van der Waals surface area contributed by atoms with E-state index in [9.17, 15) is 9.59 Å². The van der Waals surface area contributed by atoms with Gasteiger partial charge in [0.25, 0.3) is 0 Å². The van der Waals surface area contributed by atoms with E-state index in [0.29, 0.717) is 11.3 Å². The number of nitrogens with zero attached hydrogens (tertiary/aromatic N) is 1. The van der Waals surface area contributed by atoms with Crippen molar-refractivity contribution in [3.63, 3.8) is 0 Å². The summed E-state index contributed by atoms with van der Waals surface area (Å²) in [7, 11) is 0. The minimum Gasteiger partial charge on any atom is -0.479 e. The number of thiol groups is 1. The Labute approximate surface area is 99.7 Å². The summed E-state index contributed by atoms with van der Waals surface area (Å²) in [6.45, 7) is 1.91. The summed E-state index contributed by atoms with van der Waals surface area (Å²) in [5.41, 5.74) is 0.534. The third kappa shape index (κ3) is 2.39. The summed E-state index contributed by atoms with van der Waals surface area (Å²) in [4.78, 5) is 24.1. The molecule has 0 saturated heterocycles. The summed E-state index contributed by atoms with van der Waals surface area (Å²) in [6, 6.07) is -0.944. The van der Waals surface area contributed by atoms with E-state index in [4.69, 9.17) is 11.5 Å². The van der Waals surface area contributed by atoms with Crippen LogP contribution >= 0.6 is 12.6 Å². The van der Waals surface area contributed by atoms with Gasteiger partial charge in [0.2, 0.25) is 5.91 Å². The summed E-state index contributed by atoms with van der Waals surface area (Å²) in [6.07, 6.45) is 6.64. The second-order valence-electron chi connectivity index (χ2n) is 3.67. The van der Waals surface area contributed by atoms with E-state index >= 15 is 0 Å². The zero-order chi connectivity index (χ0) is 12.3. The molecule has 0 fully saturated rings. The topological polar surface area (TPSA) is 57.6 Å². The quantitative estimate of drug-likeness (QED) is 0.554. The van der Waals surface area contributed by atoms with Crippen LogP contribution in [0, 0.1) is 18.3 Å². The molecular formula is C11H13NO3S. The first kappa shape index (κ1) is 12.7. The van der Waals surface area contributed by atoms with E-state index < -0.39 is 12.0 Å². The second kappa shape index (κ2) is 5.08. The lowest BCUT2D eigenvalue weighted by molar-refractivity contribution is -0.148. The maximum absolute atomic E-state index is 11.9. The third-order valence-electron chi connectivity index (χ3n) is 2.45. The monoisotopic (exact) mass is 239 g/mol. The fourth-order valence-electron chi connectivity index (χ4n) is 1.49. The van der Waals surface area contributed by atoms with Gasteiger partial charge < -0.3 is 10.0 Å². The third-order valence-corrected chi connectivity index (χ3v) is 3.00. The van der Waals surface area contributed by atoms with Crippen LogP contribution in [-0.4, -0.2) is 40.2 Å². The smallest absolute Gasteiger partial charge is 0.330 e. The molecule has 4 nitrogen and oxygen atoms in total. The molecule has 1 N–H and O–H groups in total. The molecule has 16 heavy (non-hydrogen) atoms. The van der Waals surface area contributed by atoms with E-state index in [2.05, 4.69) is 18.5 Å². The largest absolute Gasteiger partial charge is 0.479 e. The Hall–Kier alpha value is -1.41. The fraction of sp³-hybridized carbons (Fsp3) is 0.455. The van der Waals surface area contributed by atoms with Crippen LogP contribution in [0.3, 0.4) is 0 Å². The van der Waals surface area contributed by atoms with Gasteiger partial charge in [0, 0.05) is 17.2 Å². The van der Waals surface area contributed by atoms with Crippen LogP contribution in [0.1, 0.15) is 6.92 Å². The Balaban J connectivity index is 2.87. The molecule has 0 aromatic heterocycles. The minimum absolute atomic E-state index is 0.199. The predicted molar refractivity (Wildman–Crippen MR) is 63.1 cm³/mol. The highest BCUT2D eigenvalue weighted by atomic mass is 32.1. The van der Waals surface area contributed by atoms with Crippen LogP contribution in [0.15, 0.2) is 11.6 Å². The molecule has 1 heterocycles. The maximum Gasteiger partial charge on any atom is 0.330 e. The van der Waals surface area contributed by atoms with E-state index in [1.807, 2.05) is 0 Å². The molecule has 1 aliphatic rings. The molecule has 0 aromatic rings. The van der Waals surface area contributed by atoms with Crippen LogP contribution in [0.2, 0.25) is 0 Å². The van der Waals surface area contributed by atoms with Gasteiger partial charge in [-0.2, -0.15) is 12.6 Å². The summed E-state index contributed by atoms with van der Waals surface area (Å²) in [5.74, 6) is 1.15. The zero-order valence-corrected chi connectivity index (χ0v) is 9.78. The van der Waals surface area contributed by atoms with Crippen LogP contribution in [-0.2, 0) is 9.59 Å². The normalized spacial score (nSPS) is 21.2. The Morgan fingerprint density at radius 2 is 2.44 bits per heavy atom. The van der Waals surface area contributed by atoms with Gasteiger partial charge in [0.15, 0.2) is 0 Å². The van der Waals surface area contributed by atoms with Crippen molar-refractivity contribution in [2.45, 2.75) is 13.0 Å². The van der Waals surface area contributed by atoms with Crippen molar-refractivity contribution in [1.29, 1.82) is 0 Å². The van der Waals surface area contributed by atoms with Gasteiger partial charge in [0.05, 0.1) is 6.54 Å². The molecule has 1 amide bonds. The van der Waals surface area contributed by atoms with Gasteiger partial charge in [-0.25, -0.2) is 4.79 Å². The first-order valence-corrected chi connectivity index (χ1v) is 5.46. The van der Waals surface area contributed by atoms with Crippen molar-refractivity contribution in [2.24, 2.45) is 5.92 Å². The standard InChI is InChI=1S/C11H13NO3S/c1-3-8-4-9(11(14)15)12(5-8)10(13)7(2)6-16/h1,4,7,9,16H,5-6H2,2H3,(H,14,15). The first-order chi connectivity index (χ1) is 7.51. The number of aliphatic carboxylic acids is 1. The van der Waals surface area contributed by atoms with Crippen LogP contribution in [0.4, 0.5) is 0 Å². The number of amides is 1. The van der Waals surface area contributed by atoms with E-state index in [1.165, 1.54) is 11.0 Å². The van der Waals surface area contributed by atoms with Crippen molar-refractivity contribution < 1.29 is 14.7 Å². The molecule has 0 aromatic carbocycles. The second-order valence-corrected chi connectivity index (χ2v) is 4.03. The van der Waals surface area contributed by atoms with Crippen LogP contribution < -0.4 is 0 Å². The molecule has 0 spiro atoms. The van der Waals surface area contributed by atoms with Gasteiger partial charge in [-0.1, -0.05) is 12.8 Å². The Kier molecular flexibility index (Phi) is 4.02. The minimum atomic E-state index is -1.06. The highest BCUT2D eigenvalue weighted by molar-refractivity contribution is 7.80. The zero-order valence-electron chi connectivity index (χ0n) is 8.88. The number of carboxylic acids is 1. The average Bonchev–Trinajstić information content (AvgIpc) is 2.71. The van der Waals surface area contributed by atoms with Gasteiger partial charge in [-0.05, 0) is 6.08 Å². The lowest BCUT2D eigenvalue weighted by atomic mass is 10.1. The molecule has 1 aliphatic heterocycles. The van der Waals surface area contributed by atoms with Gasteiger partial charge in [-0.15, -0.1) is 6.42 Å². The molecular weight excluding hydrogens is 226 g/mol. The lowest BCUT2D eigenvalue weighted by Gasteiger charge is -2.24. The molecule has 0 saturated carbocycles. The van der Waals surface area contributed by atoms with E-state index in [0.717, 1.165) is 0 Å². The molecule has 86 valence electrons. The van der Waals surface area contributed by atoms with Crippen molar-refractivity contribution in [1.82, 2.24) is 4.90 Å². The van der Waals surface area contributed by atoms with Crippen LogP contribution in [0.5, 0.6) is 0 Å². The fourth-order valence-corrected chi connectivity index (χ4v) is 1.65. The predicted octanol–water partition coefficient (Wildman–Crippen LogP) is 0.407. The first-order valence-electron chi connectivity index (χ1n) is 4.82. The molecule has 1 rings (SSSR count). The number of terminal acetylenes is 1. The molecule has 2 unspecified atom stereocenters. The van der Waals surface area contributed by atoms with E-state index in [1.54, 1.807) is 6.92 Å². The lowest BCUT2D eigenvalue weighted by Crippen LogP contribution is -2.43. The molecule has 0 aliphatic carbocycles. The highest BCUT2D eigenvalue weighted by Gasteiger charge is 2.34. The Morgan fingerprint density at radius 3 is 2.88 bits per heavy atom. The number of hydrogen-bond acceptors (Lipinski definition) is 3. The highest BCUT2D eigenvalue weighted by Crippen LogP contribution is 2.19.